The van der Waals surface area contributed by atoms with Crippen molar-refractivity contribution in [3.05, 3.63) is 23.3 Å². The summed E-state index contributed by atoms with van der Waals surface area (Å²) in [5.74, 6) is 0.464. The van der Waals surface area contributed by atoms with Crippen LogP contribution in [0.5, 0.6) is 0 Å². The summed E-state index contributed by atoms with van der Waals surface area (Å²) >= 11 is 0. The van der Waals surface area contributed by atoms with E-state index in [1.54, 1.807) is 6.33 Å². The van der Waals surface area contributed by atoms with Crippen molar-refractivity contribution in [3.8, 4) is 0 Å². The third-order valence-electron chi connectivity index (χ3n) is 4.06. The van der Waals surface area contributed by atoms with Crippen LogP contribution in [-0.4, -0.2) is 22.6 Å². The third-order valence-corrected chi connectivity index (χ3v) is 4.06. The molecule has 1 aromatic rings. The maximum absolute atomic E-state index is 4.57. The predicted octanol–water partition coefficient (Wildman–Crippen LogP) is 2.85. The lowest BCUT2D eigenvalue weighted by molar-refractivity contribution is 0.468. The van der Waals surface area contributed by atoms with Gasteiger partial charge in [-0.15, -0.1) is 0 Å². The van der Waals surface area contributed by atoms with Gasteiger partial charge < -0.3 is 5.32 Å². The highest BCUT2D eigenvalue weighted by Crippen LogP contribution is 2.27. The van der Waals surface area contributed by atoms with E-state index in [2.05, 4.69) is 36.1 Å². The zero-order valence-electron chi connectivity index (χ0n) is 11.9. The number of rotatable bonds is 5. The fourth-order valence-electron chi connectivity index (χ4n) is 2.72. The van der Waals surface area contributed by atoms with Crippen LogP contribution in [0.25, 0.3) is 0 Å². The lowest BCUT2D eigenvalue weighted by Gasteiger charge is -2.25. The van der Waals surface area contributed by atoms with Crippen LogP contribution in [0.15, 0.2) is 6.33 Å². The van der Waals surface area contributed by atoms with Crippen molar-refractivity contribution in [2.45, 2.75) is 64.8 Å². The lowest BCUT2D eigenvalue weighted by atomic mass is 9.88. The molecule has 3 nitrogen and oxygen atoms in total. The number of hydrogen-bond donors (Lipinski definition) is 1. The predicted molar refractivity (Wildman–Crippen MR) is 74.8 cm³/mol. The van der Waals surface area contributed by atoms with Crippen LogP contribution in [0, 0.1) is 0 Å². The summed E-state index contributed by atoms with van der Waals surface area (Å²) in [5, 5.41) is 3.58. The Morgan fingerprint density at radius 1 is 1.22 bits per heavy atom. The van der Waals surface area contributed by atoms with Crippen LogP contribution in [0.1, 0.15) is 62.9 Å². The molecule has 1 aliphatic carbocycles. The zero-order chi connectivity index (χ0) is 13.0. The molecule has 3 heteroatoms. The minimum atomic E-state index is 0.464. The van der Waals surface area contributed by atoms with Crippen LogP contribution in [-0.2, 0) is 12.8 Å². The molecule has 1 heterocycles. The van der Waals surface area contributed by atoms with Crippen LogP contribution >= 0.6 is 0 Å². The fourth-order valence-corrected chi connectivity index (χ4v) is 2.72. The minimum absolute atomic E-state index is 0.464. The molecular formula is C15H25N3. The van der Waals surface area contributed by atoms with E-state index in [-0.39, 0.29) is 0 Å². The molecule has 0 amide bonds. The molecular weight excluding hydrogens is 222 g/mol. The highest BCUT2D eigenvalue weighted by molar-refractivity contribution is 5.30. The summed E-state index contributed by atoms with van der Waals surface area (Å²) in [5.41, 5.74) is 4.00. The number of aryl methyl sites for hydroxylation is 1. The van der Waals surface area contributed by atoms with Gasteiger partial charge in [0.15, 0.2) is 0 Å². The highest BCUT2D eigenvalue weighted by Gasteiger charge is 2.22. The third kappa shape index (κ3) is 2.89. The first-order valence-corrected chi connectivity index (χ1v) is 7.30. The van der Waals surface area contributed by atoms with Crippen molar-refractivity contribution in [1.29, 1.82) is 0 Å². The topological polar surface area (TPSA) is 37.8 Å². The maximum atomic E-state index is 4.57. The van der Waals surface area contributed by atoms with Gasteiger partial charge >= 0.3 is 0 Å². The first-order chi connectivity index (χ1) is 8.74. The van der Waals surface area contributed by atoms with E-state index < -0.39 is 0 Å². The Bertz CT molecular complexity index is 389. The second kappa shape index (κ2) is 6.28. The molecule has 0 fully saturated rings. The first kappa shape index (κ1) is 13.5. The van der Waals surface area contributed by atoms with E-state index in [4.69, 9.17) is 0 Å². The molecule has 0 saturated heterocycles. The standard InChI is InChI=1S/C15H25N3/c1-4-9-16-12(3)11(2)15-13-7-5-6-8-14(13)17-10-18-15/h10-12,16H,4-9H2,1-3H3. The van der Waals surface area contributed by atoms with Gasteiger partial charge in [-0.1, -0.05) is 13.8 Å². The van der Waals surface area contributed by atoms with Crippen LogP contribution in [0.2, 0.25) is 0 Å². The van der Waals surface area contributed by atoms with Gasteiger partial charge in [0.25, 0.3) is 0 Å². The summed E-state index contributed by atoms with van der Waals surface area (Å²) < 4.78 is 0. The van der Waals surface area contributed by atoms with E-state index >= 15 is 0 Å². The number of hydrogen-bond acceptors (Lipinski definition) is 3. The SMILES string of the molecule is CCCNC(C)C(C)c1ncnc2c1CCCC2. The van der Waals surface area contributed by atoms with E-state index in [9.17, 15) is 0 Å². The van der Waals surface area contributed by atoms with E-state index in [1.807, 2.05) is 0 Å². The molecule has 2 atom stereocenters. The van der Waals surface area contributed by atoms with Gasteiger partial charge in [-0.05, 0) is 51.1 Å². The normalized spacial score (nSPS) is 18.2. The van der Waals surface area contributed by atoms with Gasteiger partial charge in [0.05, 0.1) is 5.69 Å². The Kier molecular flexibility index (Phi) is 4.70. The second-order valence-corrected chi connectivity index (χ2v) is 5.42. The van der Waals surface area contributed by atoms with Gasteiger partial charge in [-0.2, -0.15) is 0 Å². The second-order valence-electron chi connectivity index (χ2n) is 5.42. The Balaban J connectivity index is 2.16. The molecule has 2 unspecified atom stereocenters. The maximum Gasteiger partial charge on any atom is 0.115 e. The van der Waals surface area contributed by atoms with Crippen molar-refractivity contribution in [2.75, 3.05) is 6.54 Å². The van der Waals surface area contributed by atoms with Gasteiger partial charge in [-0.25, -0.2) is 9.97 Å². The molecule has 2 rings (SSSR count). The van der Waals surface area contributed by atoms with E-state index in [0.29, 0.717) is 12.0 Å². The van der Waals surface area contributed by atoms with Gasteiger partial charge in [0, 0.05) is 17.7 Å². The fraction of sp³-hybridized carbons (Fsp3) is 0.733. The Labute approximate surface area is 110 Å². The first-order valence-electron chi connectivity index (χ1n) is 7.30. The van der Waals surface area contributed by atoms with Crippen molar-refractivity contribution >= 4 is 0 Å². The van der Waals surface area contributed by atoms with Crippen LogP contribution in [0.3, 0.4) is 0 Å². The molecule has 0 aliphatic heterocycles. The van der Waals surface area contributed by atoms with Crippen LogP contribution in [0.4, 0.5) is 0 Å². The Morgan fingerprint density at radius 3 is 2.78 bits per heavy atom. The zero-order valence-corrected chi connectivity index (χ0v) is 11.9. The molecule has 0 spiro atoms. The average Bonchev–Trinajstić information content (AvgIpc) is 2.43. The van der Waals surface area contributed by atoms with Gasteiger partial charge in [0.1, 0.15) is 6.33 Å². The summed E-state index contributed by atoms with van der Waals surface area (Å²) in [6.07, 6.45) is 7.80. The summed E-state index contributed by atoms with van der Waals surface area (Å²) in [7, 11) is 0. The molecule has 0 radical (unpaired) electrons. The number of aromatic nitrogens is 2. The smallest absolute Gasteiger partial charge is 0.115 e. The van der Waals surface area contributed by atoms with Crippen LogP contribution < -0.4 is 5.32 Å². The number of fused-ring (bicyclic) bond motifs is 1. The monoisotopic (exact) mass is 247 g/mol. The average molecular weight is 247 g/mol. The van der Waals surface area contributed by atoms with E-state index in [0.717, 1.165) is 19.4 Å². The molecule has 18 heavy (non-hydrogen) atoms. The molecule has 1 aliphatic rings. The number of nitrogens with one attached hydrogen (secondary N) is 1. The van der Waals surface area contributed by atoms with Gasteiger partial charge in [0.2, 0.25) is 0 Å². The summed E-state index contributed by atoms with van der Waals surface area (Å²) in [4.78, 5) is 9.02. The Hall–Kier alpha value is -0.960. The van der Waals surface area contributed by atoms with Gasteiger partial charge in [-0.3, -0.25) is 0 Å². The molecule has 1 aromatic heterocycles. The van der Waals surface area contributed by atoms with Crippen molar-refractivity contribution in [1.82, 2.24) is 15.3 Å². The quantitative estimate of drug-likeness (QED) is 0.869. The lowest BCUT2D eigenvalue weighted by Crippen LogP contribution is -2.32. The summed E-state index contributed by atoms with van der Waals surface area (Å²) in [6.45, 7) is 7.83. The minimum Gasteiger partial charge on any atom is -0.314 e. The molecule has 0 bridgehead atoms. The number of nitrogens with zero attached hydrogens (tertiary/aromatic N) is 2. The molecule has 1 N–H and O–H groups in total. The van der Waals surface area contributed by atoms with Crippen molar-refractivity contribution in [3.63, 3.8) is 0 Å². The molecule has 0 aromatic carbocycles. The Morgan fingerprint density at radius 2 is 2.00 bits per heavy atom. The highest BCUT2D eigenvalue weighted by atomic mass is 14.9. The van der Waals surface area contributed by atoms with Crippen molar-refractivity contribution < 1.29 is 0 Å². The summed E-state index contributed by atoms with van der Waals surface area (Å²) in [6, 6.07) is 0.478. The molecule has 0 saturated carbocycles. The largest absolute Gasteiger partial charge is 0.314 e. The molecule has 100 valence electrons. The van der Waals surface area contributed by atoms with Crippen molar-refractivity contribution in [2.24, 2.45) is 0 Å². The van der Waals surface area contributed by atoms with E-state index in [1.165, 1.54) is 36.2 Å².